The number of nitrogens with zero attached hydrogens (tertiary/aromatic N) is 1. The molecule has 0 spiro atoms. The highest BCUT2D eigenvalue weighted by atomic mass is 16.5. The minimum Gasteiger partial charge on any atom is -0.492 e. The van der Waals surface area contributed by atoms with Crippen LogP contribution >= 0.6 is 0 Å². The molecule has 0 saturated heterocycles. The summed E-state index contributed by atoms with van der Waals surface area (Å²) < 4.78 is 11.6. The number of ether oxygens (including phenoxy) is 2. The van der Waals surface area contributed by atoms with Gasteiger partial charge in [-0.05, 0) is 48.1 Å². The number of amides is 4. The van der Waals surface area contributed by atoms with Crippen molar-refractivity contribution in [1.29, 1.82) is 0 Å². The van der Waals surface area contributed by atoms with Crippen molar-refractivity contribution in [2.45, 2.75) is 58.5 Å². The third-order valence-electron chi connectivity index (χ3n) is 6.76. The van der Waals surface area contributed by atoms with Crippen molar-refractivity contribution in [3.63, 3.8) is 0 Å². The van der Waals surface area contributed by atoms with Gasteiger partial charge in [0.15, 0.2) is 0 Å². The van der Waals surface area contributed by atoms with E-state index in [4.69, 9.17) is 9.47 Å². The van der Waals surface area contributed by atoms with Gasteiger partial charge in [-0.3, -0.25) is 19.2 Å². The molecule has 10 heteroatoms. The largest absolute Gasteiger partial charge is 0.492 e. The topological polar surface area (TPSA) is 126 Å². The Labute approximate surface area is 242 Å². The highest BCUT2D eigenvalue weighted by Crippen LogP contribution is 2.20. The first-order valence-electron chi connectivity index (χ1n) is 14.1. The second-order valence-electron chi connectivity index (χ2n) is 10.9. The summed E-state index contributed by atoms with van der Waals surface area (Å²) in [6.07, 6.45) is 0.0843. The lowest BCUT2D eigenvalue weighted by atomic mass is 10.0. The van der Waals surface area contributed by atoms with Gasteiger partial charge in [0.25, 0.3) is 5.91 Å². The Morgan fingerprint density at radius 1 is 1.05 bits per heavy atom. The van der Waals surface area contributed by atoms with Gasteiger partial charge in [0.2, 0.25) is 17.7 Å². The number of rotatable bonds is 8. The molecule has 3 rings (SSSR count). The van der Waals surface area contributed by atoms with Crippen LogP contribution in [0, 0.1) is 5.92 Å². The molecule has 0 unspecified atom stereocenters. The van der Waals surface area contributed by atoms with E-state index in [0.717, 1.165) is 0 Å². The zero-order chi connectivity index (χ0) is 29.9. The number of hydrogen-bond donors (Lipinski definition) is 3. The van der Waals surface area contributed by atoms with Gasteiger partial charge in [0, 0.05) is 7.05 Å². The molecule has 1 aliphatic rings. The minimum atomic E-state index is -1.18. The molecule has 1 heterocycles. The molecule has 1 aliphatic heterocycles. The van der Waals surface area contributed by atoms with E-state index in [-0.39, 0.29) is 50.1 Å². The molecule has 0 aliphatic carbocycles. The number of para-hydroxylation sites is 1. The maximum absolute atomic E-state index is 13.2. The third kappa shape index (κ3) is 9.51. The molecule has 0 radical (unpaired) electrons. The lowest BCUT2D eigenvalue weighted by Crippen LogP contribution is -2.53. The summed E-state index contributed by atoms with van der Waals surface area (Å²) in [6.45, 7) is 8.94. The Bertz CT molecular complexity index is 1200. The first-order chi connectivity index (χ1) is 19.5. The van der Waals surface area contributed by atoms with Crippen LogP contribution in [0.25, 0.3) is 0 Å². The summed E-state index contributed by atoms with van der Waals surface area (Å²) in [5, 5.41) is 8.20. The molecule has 3 N–H and O–H groups in total. The van der Waals surface area contributed by atoms with Crippen LogP contribution in [0.3, 0.4) is 0 Å². The number of hydrogen-bond acceptors (Lipinski definition) is 6. The predicted molar refractivity (Wildman–Crippen MR) is 156 cm³/mol. The maximum atomic E-state index is 13.2. The number of benzene rings is 2. The van der Waals surface area contributed by atoms with Crippen LogP contribution in [0.2, 0.25) is 0 Å². The Kier molecular flexibility index (Phi) is 11.6. The quantitative estimate of drug-likeness (QED) is 0.422. The van der Waals surface area contributed by atoms with Gasteiger partial charge >= 0.3 is 0 Å². The Morgan fingerprint density at radius 3 is 2.44 bits per heavy atom. The predicted octanol–water partition coefficient (Wildman–Crippen LogP) is 2.88. The third-order valence-corrected chi connectivity index (χ3v) is 6.76. The SMILES string of the molecule is CC(C)C[C@H]1NC(=O)C[C@@H](C(=O)NCCOc2ccc(C(C)C)cc2)NC(=O)c2ccccc2OCCN(C)C1=O. The Balaban J connectivity index is 1.73. The van der Waals surface area contributed by atoms with Crippen molar-refractivity contribution in [3.05, 3.63) is 59.7 Å². The summed E-state index contributed by atoms with van der Waals surface area (Å²) in [5.74, 6) is -0.296. The average Bonchev–Trinajstić information content (AvgIpc) is 2.93. The van der Waals surface area contributed by atoms with Gasteiger partial charge in [-0.1, -0.05) is 52.0 Å². The van der Waals surface area contributed by atoms with Crippen LogP contribution < -0.4 is 25.4 Å². The standard InChI is InChI=1S/C31H42N4O6/c1-20(2)18-26-31(39)35(5)15-17-41-27-9-7-6-8-24(27)29(37)34-25(19-28(36)33-26)30(38)32-14-16-40-23-12-10-22(11-13-23)21(3)4/h6-13,20-21,25-26H,14-19H2,1-5H3,(H,32,38)(H,33,36)(H,34,37)/t25-,26+/m0/s1. The summed E-state index contributed by atoms with van der Waals surface area (Å²) in [5.41, 5.74) is 1.42. The molecule has 0 fully saturated rings. The summed E-state index contributed by atoms with van der Waals surface area (Å²) >= 11 is 0. The highest BCUT2D eigenvalue weighted by Gasteiger charge is 2.30. The number of nitrogens with one attached hydrogen (secondary N) is 3. The molecule has 41 heavy (non-hydrogen) atoms. The Morgan fingerprint density at radius 2 is 1.76 bits per heavy atom. The van der Waals surface area contributed by atoms with Gasteiger partial charge in [-0.2, -0.15) is 0 Å². The molecule has 2 atom stereocenters. The lowest BCUT2D eigenvalue weighted by Gasteiger charge is -2.27. The molecule has 0 aromatic heterocycles. The highest BCUT2D eigenvalue weighted by molar-refractivity contribution is 6.01. The van der Waals surface area contributed by atoms with Gasteiger partial charge in [-0.25, -0.2) is 0 Å². The smallest absolute Gasteiger partial charge is 0.255 e. The first kappa shape index (κ1) is 31.4. The maximum Gasteiger partial charge on any atom is 0.255 e. The molecular weight excluding hydrogens is 524 g/mol. The fraction of sp³-hybridized carbons (Fsp3) is 0.484. The van der Waals surface area contributed by atoms with E-state index in [2.05, 4.69) is 29.8 Å². The van der Waals surface area contributed by atoms with E-state index >= 15 is 0 Å². The second kappa shape index (κ2) is 15.1. The average molecular weight is 567 g/mol. The summed E-state index contributed by atoms with van der Waals surface area (Å²) in [6, 6.07) is 12.5. The van der Waals surface area contributed by atoms with Crippen molar-refractivity contribution in [2.24, 2.45) is 5.92 Å². The fourth-order valence-electron chi connectivity index (χ4n) is 4.44. The fourth-order valence-corrected chi connectivity index (χ4v) is 4.44. The molecule has 222 valence electrons. The molecule has 0 saturated carbocycles. The van der Waals surface area contributed by atoms with Crippen LogP contribution in [-0.4, -0.2) is 74.0 Å². The molecule has 10 nitrogen and oxygen atoms in total. The van der Waals surface area contributed by atoms with Crippen molar-refractivity contribution >= 4 is 23.6 Å². The molecular formula is C31H42N4O6. The number of likely N-dealkylation sites (N-methyl/N-ethyl adjacent to an activating group) is 1. The number of carbonyl (C=O) groups is 4. The molecule has 0 bridgehead atoms. The van der Waals surface area contributed by atoms with Crippen LogP contribution in [0.5, 0.6) is 11.5 Å². The summed E-state index contributed by atoms with van der Waals surface area (Å²) in [7, 11) is 1.65. The van der Waals surface area contributed by atoms with Gasteiger partial charge in [0.1, 0.15) is 36.8 Å². The van der Waals surface area contributed by atoms with E-state index < -0.39 is 29.8 Å². The van der Waals surface area contributed by atoms with Crippen LogP contribution in [-0.2, 0) is 14.4 Å². The zero-order valence-corrected chi connectivity index (χ0v) is 24.6. The first-order valence-corrected chi connectivity index (χ1v) is 14.1. The lowest BCUT2D eigenvalue weighted by molar-refractivity contribution is -0.136. The van der Waals surface area contributed by atoms with Crippen molar-refractivity contribution in [1.82, 2.24) is 20.9 Å². The van der Waals surface area contributed by atoms with E-state index in [1.165, 1.54) is 10.5 Å². The molecule has 4 amide bonds. The van der Waals surface area contributed by atoms with Crippen LogP contribution in [0.4, 0.5) is 0 Å². The zero-order valence-electron chi connectivity index (χ0n) is 24.6. The minimum absolute atomic E-state index is 0.139. The second-order valence-corrected chi connectivity index (χ2v) is 10.9. The van der Waals surface area contributed by atoms with E-state index in [1.54, 1.807) is 31.3 Å². The van der Waals surface area contributed by atoms with Crippen LogP contribution in [0.15, 0.2) is 48.5 Å². The Hall–Kier alpha value is -4.08. The molecule has 2 aromatic rings. The number of carbonyl (C=O) groups excluding carboxylic acids is 4. The van der Waals surface area contributed by atoms with E-state index in [9.17, 15) is 19.2 Å². The van der Waals surface area contributed by atoms with Gasteiger partial charge < -0.3 is 30.3 Å². The van der Waals surface area contributed by atoms with E-state index in [0.29, 0.717) is 23.8 Å². The summed E-state index contributed by atoms with van der Waals surface area (Å²) in [4.78, 5) is 54.1. The van der Waals surface area contributed by atoms with Crippen LogP contribution in [0.1, 0.15) is 62.4 Å². The van der Waals surface area contributed by atoms with E-state index in [1.807, 2.05) is 38.1 Å². The normalized spacial score (nSPS) is 18.6. The monoisotopic (exact) mass is 566 g/mol. The van der Waals surface area contributed by atoms with Gasteiger partial charge in [0.05, 0.1) is 25.1 Å². The molecule has 2 aromatic carbocycles. The number of fused-ring (bicyclic) bond motifs is 1. The van der Waals surface area contributed by atoms with Gasteiger partial charge in [-0.15, -0.1) is 0 Å². The van der Waals surface area contributed by atoms with Crippen molar-refractivity contribution in [2.75, 3.05) is 33.4 Å². The van der Waals surface area contributed by atoms with Crippen molar-refractivity contribution < 1.29 is 28.7 Å². The van der Waals surface area contributed by atoms with Crippen molar-refractivity contribution in [3.8, 4) is 11.5 Å².